The van der Waals surface area contributed by atoms with Crippen molar-refractivity contribution in [1.29, 1.82) is 0 Å². The quantitative estimate of drug-likeness (QED) is 0.160. The fourth-order valence-corrected chi connectivity index (χ4v) is 9.04. The number of aromatic nitrogens is 2. The van der Waals surface area contributed by atoms with E-state index in [-0.39, 0.29) is 0 Å². The highest BCUT2D eigenvalue weighted by atomic mass is 14.8. The molecule has 0 bridgehead atoms. The van der Waals surface area contributed by atoms with Crippen LogP contribution in [0.3, 0.4) is 0 Å². The summed E-state index contributed by atoms with van der Waals surface area (Å²) >= 11 is 0. The van der Waals surface area contributed by atoms with Gasteiger partial charge in [-0.05, 0) is 79.9 Å². The zero-order chi connectivity index (χ0) is 37.8. The van der Waals surface area contributed by atoms with Crippen molar-refractivity contribution in [3.8, 4) is 55.9 Å². The van der Waals surface area contributed by atoms with Crippen LogP contribution in [0.2, 0.25) is 0 Å². The van der Waals surface area contributed by atoms with Crippen LogP contribution in [-0.2, 0) is 5.41 Å². The number of hydrogen-bond donors (Lipinski definition) is 0. The highest BCUT2D eigenvalue weighted by molar-refractivity contribution is 6.04. The predicted octanol–water partition coefficient (Wildman–Crippen LogP) is 13.8. The van der Waals surface area contributed by atoms with Crippen LogP contribution in [0.4, 0.5) is 0 Å². The molecular weight excluding hydrogens is 689 g/mol. The molecule has 266 valence electrons. The molecule has 0 saturated heterocycles. The zero-order valence-electron chi connectivity index (χ0n) is 31.2. The Morgan fingerprint density at radius 2 is 0.737 bits per heavy atom. The second-order valence-corrected chi connectivity index (χ2v) is 14.9. The molecule has 2 heteroatoms. The third kappa shape index (κ3) is 5.41. The molecule has 1 aliphatic rings. The summed E-state index contributed by atoms with van der Waals surface area (Å²) in [5, 5.41) is 2.16. The van der Waals surface area contributed by atoms with Crippen molar-refractivity contribution in [2.45, 2.75) is 5.41 Å². The summed E-state index contributed by atoms with van der Waals surface area (Å²) in [6.45, 7) is 0. The minimum absolute atomic E-state index is 0.422. The molecule has 8 aromatic carbocycles. The number of benzene rings is 8. The number of pyridine rings is 2. The number of fused-ring (bicyclic) bond motifs is 6. The minimum Gasteiger partial charge on any atom is -0.245 e. The summed E-state index contributed by atoms with van der Waals surface area (Å²) < 4.78 is 0. The van der Waals surface area contributed by atoms with Gasteiger partial charge in [-0.1, -0.05) is 194 Å². The lowest BCUT2D eigenvalue weighted by Gasteiger charge is -2.34. The first-order valence-electron chi connectivity index (χ1n) is 19.6. The van der Waals surface area contributed by atoms with Crippen LogP contribution in [0, 0.1) is 0 Å². The normalized spacial score (nSPS) is 12.7. The van der Waals surface area contributed by atoms with Crippen molar-refractivity contribution >= 4 is 21.8 Å². The van der Waals surface area contributed by atoms with Gasteiger partial charge in [0.1, 0.15) is 0 Å². The SMILES string of the molecule is c1ccc(-c2ccc3ccc4ccc(-c5cccc(-c6ccc(-c7ccc8c(c7)C(c7ccccc7)(c7ccccc7)c7ccccc7-8)cc6)c5)nc4c3n2)cc1. The van der Waals surface area contributed by atoms with E-state index in [9.17, 15) is 0 Å². The summed E-state index contributed by atoms with van der Waals surface area (Å²) in [6.07, 6.45) is 0. The molecule has 57 heavy (non-hydrogen) atoms. The molecule has 0 atom stereocenters. The lowest BCUT2D eigenvalue weighted by Crippen LogP contribution is -2.28. The molecule has 0 unspecified atom stereocenters. The molecule has 2 aromatic heterocycles. The van der Waals surface area contributed by atoms with Crippen LogP contribution in [0.1, 0.15) is 22.3 Å². The lowest BCUT2D eigenvalue weighted by atomic mass is 9.67. The molecule has 1 aliphatic carbocycles. The van der Waals surface area contributed by atoms with Crippen molar-refractivity contribution in [3.63, 3.8) is 0 Å². The monoisotopic (exact) mass is 724 g/mol. The first-order valence-corrected chi connectivity index (χ1v) is 19.6. The molecule has 0 radical (unpaired) electrons. The molecular formula is C55H36N2. The van der Waals surface area contributed by atoms with Crippen LogP contribution in [-0.4, -0.2) is 9.97 Å². The highest BCUT2D eigenvalue weighted by Gasteiger charge is 2.46. The summed E-state index contributed by atoms with van der Waals surface area (Å²) in [5.41, 5.74) is 18.0. The Bertz CT molecular complexity index is 3060. The van der Waals surface area contributed by atoms with Gasteiger partial charge in [0.15, 0.2) is 0 Å². The number of hydrogen-bond acceptors (Lipinski definition) is 2. The van der Waals surface area contributed by atoms with E-state index in [4.69, 9.17) is 9.97 Å². The standard InChI is InChI=1S/C55H36N2/c1-4-13-39(14-5-1)51-33-30-40-27-28-41-31-34-52(57-54(41)53(40)56-51)44-16-12-15-42(35-44)37-23-25-38(26-24-37)43-29-32-48-47-21-10-11-22-49(47)55(50(48)36-43,45-17-6-2-7-18-45)46-19-8-3-9-20-46/h1-36H. The zero-order valence-corrected chi connectivity index (χ0v) is 31.2. The van der Waals surface area contributed by atoms with Gasteiger partial charge in [0.2, 0.25) is 0 Å². The Morgan fingerprint density at radius 3 is 1.37 bits per heavy atom. The van der Waals surface area contributed by atoms with Crippen molar-refractivity contribution in [2.24, 2.45) is 0 Å². The largest absolute Gasteiger partial charge is 0.245 e. The Kier molecular flexibility index (Phi) is 7.75. The molecule has 0 saturated carbocycles. The van der Waals surface area contributed by atoms with E-state index >= 15 is 0 Å². The highest BCUT2D eigenvalue weighted by Crippen LogP contribution is 2.56. The smallest absolute Gasteiger partial charge is 0.0972 e. The van der Waals surface area contributed by atoms with Gasteiger partial charge in [-0.25, -0.2) is 9.97 Å². The van der Waals surface area contributed by atoms with Gasteiger partial charge in [0.05, 0.1) is 27.8 Å². The molecule has 2 heterocycles. The summed E-state index contributed by atoms with van der Waals surface area (Å²) in [6, 6.07) is 78.8. The third-order valence-corrected chi connectivity index (χ3v) is 11.8. The summed E-state index contributed by atoms with van der Waals surface area (Å²) in [4.78, 5) is 10.3. The molecule has 11 rings (SSSR count). The van der Waals surface area contributed by atoms with E-state index in [1.165, 1.54) is 44.5 Å². The van der Waals surface area contributed by atoms with E-state index in [0.717, 1.165) is 55.4 Å². The number of rotatable bonds is 6. The van der Waals surface area contributed by atoms with Crippen LogP contribution < -0.4 is 0 Å². The molecule has 0 fully saturated rings. The maximum absolute atomic E-state index is 5.23. The van der Waals surface area contributed by atoms with Crippen molar-refractivity contribution in [3.05, 3.63) is 241 Å². The second-order valence-electron chi connectivity index (χ2n) is 14.9. The topological polar surface area (TPSA) is 25.8 Å². The van der Waals surface area contributed by atoms with Crippen LogP contribution in [0.25, 0.3) is 77.7 Å². The van der Waals surface area contributed by atoms with Gasteiger partial charge >= 0.3 is 0 Å². The fourth-order valence-electron chi connectivity index (χ4n) is 9.04. The van der Waals surface area contributed by atoms with Crippen LogP contribution >= 0.6 is 0 Å². The maximum Gasteiger partial charge on any atom is 0.0972 e. The van der Waals surface area contributed by atoms with E-state index in [1.807, 2.05) is 6.07 Å². The van der Waals surface area contributed by atoms with Crippen molar-refractivity contribution in [2.75, 3.05) is 0 Å². The fraction of sp³-hybridized carbons (Fsp3) is 0.0182. The molecule has 0 amide bonds. The van der Waals surface area contributed by atoms with E-state index in [1.54, 1.807) is 0 Å². The van der Waals surface area contributed by atoms with Gasteiger partial charge in [-0.15, -0.1) is 0 Å². The molecule has 0 N–H and O–H groups in total. The lowest BCUT2D eigenvalue weighted by molar-refractivity contribution is 0.769. The van der Waals surface area contributed by atoms with Gasteiger partial charge in [-0.3, -0.25) is 0 Å². The van der Waals surface area contributed by atoms with Gasteiger partial charge in [0, 0.05) is 21.9 Å². The predicted molar refractivity (Wildman–Crippen MR) is 236 cm³/mol. The average Bonchev–Trinajstić information content (AvgIpc) is 3.60. The molecule has 0 aliphatic heterocycles. The Hall–Kier alpha value is -7.42. The van der Waals surface area contributed by atoms with Crippen molar-refractivity contribution < 1.29 is 0 Å². The minimum atomic E-state index is -0.422. The molecule has 10 aromatic rings. The van der Waals surface area contributed by atoms with E-state index in [0.29, 0.717) is 0 Å². The second kappa shape index (κ2) is 13.4. The molecule has 2 nitrogen and oxygen atoms in total. The average molecular weight is 725 g/mol. The van der Waals surface area contributed by atoms with Crippen LogP contribution in [0.15, 0.2) is 218 Å². The van der Waals surface area contributed by atoms with Crippen LogP contribution in [0.5, 0.6) is 0 Å². The summed E-state index contributed by atoms with van der Waals surface area (Å²) in [7, 11) is 0. The molecule has 0 spiro atoms. The summed E-state index contributed by atoms with van der Waals surface area (Å²) in [5.74, 6) is 0. The van der Waals surface area contributed by atoms with E-state index in [2.05, 4.69) is 212 Å². The number of nitrogens with zero attached hydrogens (tertiary/aromatic N) is 2. The van der Waals surface area contributed by atoms with Gasteiger partial charge in [-0.2, -0.15) is 0 Å². The Morgan fingerprint density at radius 1 is 0.281 bits per heavy atom. The third-order valence-electron chi connectivity index (χ3n) is 11.8. The van der Waals surface area contributed by atoms with Crippen molar-refractivity contribution in [1.82, 2.24) is 9.97 Å². The first kappa shape index (κ1) is 33.0. The van der Waals surface area contributed by atoms with Gasteiger partial charge in [0.25, 0.3) is 0 Å². The Balaban J connectivity index is 0.962. The van der Waals surface area contributed by atoms with Gasteiger partial charge < -0.3 is 0 Å². The maximum atomic E-state index is 5.23. The van der Waals surface area contributed by atoms with E-state index < -0.39 is 5.41 Å². The first-order chi connectivity index (χ1) is 28.2. The Labute approximate surface area is 332 Å².